The molecule has 0 unspecified atom stereocenters. The van der Waals surface area contributed by atoms with Crippen molar-refractivity contribution in [3.8, 4) is 17.2 Å². The number of benzene rings is 2. The van der Waals surface area contributed by atoms with E-state index in [1.807, 2.05) is 0 Å². The lowest BCUT2D eigenvalue weighted by atomic mass is 10.1. The second-order valence-corrected chi connectivity index (χ2v) is 9.66. The number of methoxy groups -OCH3 is 1. The van der Waals surface area contributed by atoms with Crippen LogP contribution in [0.2, 0.25) is 0 Å². The maximum Gasteiger partial charge on any atom is 0.339 e. The minimum Gasteiger partial charge on any atom is -0.493 e. The number of aryl methyl sites for hydroxylation is 1. The molecule has 1 N–H and O–H groups in total. The van der Waals surface area contributed by atoms with Gasteiger partial charge in [-0.2, -0.15) is 0 Å². The Labute approximate surface area is 192 Å². The first-order valence-electron chi connectivity index (χ1n) is 10.1. The van der Waals surface area contributed by atoms with E-state index in [2.05, 4.69) is 5.32 Å². The van der Waals surface area contributed by atoms with E-state index in [1.165, 1.54) is 52.4 Å². The smallest absolute Gasteiger partial charge is 0.339 e. The van der Waals surface area contributed by atoms with Crippen LogP contribution in [0.3, 0.4) is 0 Å². The highest BCUT2D eigenvalue weighted by atomic mass is 32.2. The first-order valence-corrected chi connectivity index (χ1v) is 11.5. The number of hydrogen-bond donors (Lipinski definition) is 1. The van der Waals surface area contributed by atoms with Crippen molar-refractivity contribution < 1.29 is 37.0 Å². The van der Waals surface area contributed by atoms with Crippen molar-refractivity contribution in [3.05, 3.63) is 41.5 Å². The number of hydrogen-bond acceptors (Lipinski definition) is 8. The monoisotopic (exact) mass is 478 g/mol. The van der Waals surface area contributed by atoms with Gasteiger partial charge in [0.05, 0.1) is 17.6 Å². The van der Waals surface area contributed by atoms with Crippen molar-refractivity contribution in [1.82, 2.24) is 4.31 Å². The molecule has 0 saturated carbocycles. The molecule has 1 aliphatic rings. The van der Waals surface area contributed by atoms with E-state index in [0.717, 1.165) is 4.31 Å². The molecule has 10 nitrogen and oxygen atoms in total. The van der Waals surface area contributed by atoms with E-state index < -0.39 is 28.0 Å². The third-order valence-electron chi connectivity index (χ3n) is 4.96. The maximum atomic E-state index is 12.7. The molecule has 0 radical (unpaired) electrons. The van der Waals surface area contributed by atoms with Gasteiger partial charge in [-0.3, -0.25) is 4.79 Å². The molecule has 11 heteroatoms. The molecule has 2 aromatic carbocycles. The number of nitrogens with zero attached hydrogens (tertiary/aromatic N) is 1. The van der Waals surface area contributed by atoms with Gasteiger partial charge in [-0.05, 0) is 43.7 Å². The lowest BCUT2D eigenvalue weighted by Crippen LogP contribution is -2.30. The molecule has 178 valence electrons. The molecule has 1 amide bonds. The van der Waals surface area contributed by atoms with Crippen LogP contribution >= 0.6 is 0 Å². The number of nitrogens with one attached hydrogen (secondary N) is 1. The van der Waals surface area contributed by atoms with Crippen LogP contribution in [-0.2, 0) is 19.6 Å². The zero-order valence-electron chi connectivity index (χ0n) is 19.0. The van der Waals surface area contributed by atoms with Gasteiger partial charge in [-0.15, -0.1) is 0 Å². The van der Waals surface area contributed by atoms with Crippen molar-refractivity contribution >= 4 is 27.6 Å². The molecule has 1 atom stereocenters. The Morgan fingerprint density at radius 2 is 1.82 bits per heavy atom. The van der Waals surface area contributed by atoms with E-state index in [1.54, 1.807) is 13.0 Å². The van der Waals surface area contributed by atoms with E-state index in [0.29, 0.717) is 41.7 Å². The summed E-state index contributed by atoms with van der Waals surface area (Å²) in [6, 6.07) is 7.32. The summed E-state index contributed by atoms with van der Waals surface area (Å²) in [6.45, 7) is 3.83. The third-order valence-corrected chi connectivity index (χ3v) is 6.77. The highest BCUT2D eigenvalue weighted by Crippen LogP contribution is 2.40. The predicted octanol–water partition coefficient (Wildman–Crippen LogP) is 2.21. The highest BCUT2D eigenvalue weighted by Gasteiger charge is 2.25. The van der Waals surface area contributed by atoms with Crippen LogP contribution in [0.4, 0.5) is 5.69 Å². The highest BCUT2D eigenvalue weighted by molar-refractivity contribution is 7.89. The Kier molecular flexibility index (Phi) is 7.13. The van der Waals surface area contributed by atoms with E-state index in [-0.39, 0.29) is 10.5 Å². The largest absolute Gasteiger partial charge is 0.493 e. The van der Waals surface area contributed by atoms with Crippen molar-refractivity contribution in [2.75, 3.05) is 39.7 Å². The number of ether oxygens (including phenoxy) is 4. The van der Waals surface area contributed by atoms with Crippen LogP contribution in [0.1, 0.15) is 22.8 Å². The second-order valence-electron chi connectivity index (χ2n) is 7.50. The van der Waals surface area contributed by atoms with Gasteiger partial charge in [0.1, 0.15) is 13.2 Å². The molecular formula is C22H26N2O8S. The number of fused-ring (bicyclic) bond motifs is 1. The van der Waals surface area contributed by atoms with Gasteiger partial charge in [0, 0.05) is 19.8 Å². The summed E-state index contributed by atoms with van der Waals surface area (Å²) in [5, 5.41) is 2.62. The number of amides is 1. The van der Waals surface area contributed by atoms with Gasteiger partial charge in [0.25, 0.3) is 5.91 Å². The third kappa shape index (κ3) is 5.20. The van der Waals surface area contributed by atoms with Gasteiger partial charge in [0.15, 0.2) is 17.6 Å². The molecule has 1 aliphatic heterocycles. The number of sulfonamides is 1. The molecule has 0 spiro atoms. The van der Waals surface area contributed by atoms with Crippen LogP contribution in [0.5, 0.6) is 17.2 Å². The Morgan fingerprint density at radius 3 is 2.48 bits per heavy atom. The Bertz CT molecular complexity index is 1160. The van der Waals surface area contributed by atoms with Crippen molar-refractivity contribution in [1.29, 1.82) is 0 Å². The second kappa shape index (κ2) is 9.67. The molecule has 33 heavy (non-hydrogen) atoms. The van der Waals surface area contributed by atoms with E-state index >= 15 is 0 Å². The molecule has 0 bridgehead atoms. The molecule has 0 saturated heterocycles. The zero-order valence-corrected chi connectivity index (χ0v) is 19.8. The van der Waals surface area contributed by atoms with Gasteiger partial charge in [0.2, 0.25) is 15.8 Å². The Morgan fingerprint density at radius 1 is 1.12 bits per heavy atom. The van der Waals surface area contributed by atoms with Gasteiger partial charge >= 0.3 is 5.97 Å². The Hall–Kier alpha value is -3.31. The molecule has 0 fully saturated rings. The summed E-state index contributed by atoms with van der Waals surface area (Å²) >= 11 is 0. The summed E-state index contributed by atoms with van der Waals surface area (Å²) in [5.41, 5.74) is 1.08. The minimum atomic E-state index is -3.68. The summed E-state index contributed by atoms with van der Waals surface area (Å²) in [6.07, 6.45) is -1.16. The van der Waals surface area contributed by atoms with Crippen molar-refractivity contribution in [2.24, 2.45) is 0 Å². The minimum absolute atomic E-state index is 0.0291. The van der Waals surface area contributed by atoms with Crippen LogP contribution in [-0.4, -0.2) is 65.1 Å². The zero-order chi connectivity index (χ0) is 24.3. The van der Waals surface area contributed by atoms with Crippen LogP contribution in [0, 0.1) is 6.92 Å². The van der Waals surface area contributed by atoms with E-state index in [4.69, 9.17) is 18.9 Å². The molecule has 0 aliphatic carbocycles. The van der Waals surface area contributed by atoms with Crippen molar-refractivity contribution in [3.63, 3.8) is 0 Å². The molecule has 0 aromatic heterocycles. The van der Waals surface area contributed by atoms with Gasteiger partial charge < -0.3 is 24.3 Å². The number of anilines is 1. The molecule has 1 heterocycles. The molecular weight excluding hydrogens is 452 g/mol. The number of rotatable bonds is 7. The average Bonchev–Trinajstić information content (AvgIpc) is 2.79. The molecule has 3 rings (SSSR count). The first kappa shape index (κ1) is 24.3. The fourth-order valence-electron chi connectivity index (χ4n) is 3.01. The predicted molar refractivity (Wildman–Crippen MR) is 120 cm³/mol. The lowest BCUT2D eigenvalue weighted by molar-refractivity contribution is -0.123. The van der Waals surface area contributed by atoms with Crippen LogP contribution < -0.4 is 19.5 Å². The Balaban J connectivity index is 1.75. The van der Waals surface area contributed by atoms with Crippen LogP contribution in [0.25, 0.3) is 0 Å². The normalized spacial score (nSPS) is 13.9. The summed E-state index contributed by atoms with van der Waals surface area (Å²) in [5.74, 6) is -0.317. The maximum absolute atomic E-state index is 12.7. The SMILES string of the molecule is COc1cc(C(=O)O[C@@H](C)C(=O)Nc2cc(S(=O)(=O)N(C)C)ccc2C)cc2c1OCCO2. The summed E-state index contributed by atoms with van der Waals surface area (Å²) in [7, 11) is 0.594. The topological polar surface area (TPSA) is 120 Å². The van der Waals surface area contributed by atoms with E-state index in [9.17, 15) is 18.0 Å². The number of carbonyl (C=O) groups excluding carboxylic acids is 2. The number of carbonyl (C=O) groups is 2. The number of esters is 1. The lowest BCUT2D eigenvalue weighted by Gasteiger charge is -2.21. The summed E-state index contributed by atoms with van der Waals surface area (Å²) < 4.78 is 47.4. The fraction of sp³-hybridized carbons (Fsp3) is 0.364. The fourth-order valence-corrected chi connectivity index (χ4v) is 3.94. The summed E-state index contributed by atoms with van der Waals surface area (Å²) in [4.78, 5) is 25.3. The van der Waals surface area contributed by atoms with Crippen LogP contribution in [0.15, 0.2) is 35.2 Å². The van der Waals surface area contributed by atoms with Crippen molar-refractivity contribution in [2.45, 2.75) is 24.8 Å². The van der Waals surface area contributed by atoms with Gasteiger partial charge in [-0.1, -0.05) is 6.07 Å². The first-order chi connectivity index (χ1) is 15.5. The van der Waals surface area contributed by atoms with Gasteiger partial charge in [-0.25, -0.2) is 17.5 Å². The average molecular weight is 479 g/mol. The quantitative estimate of drug-likeness (QED) is 0.602. The molecule has 2 aromatic rings. The standard InChI is InChI=1S/C22H26N2O8S/c1-13-6-7-16(33(27,28)24(3)4)12-17(13)23-21(25)14(2)32-22(26)15-10-18(29-5)20-19(11-15)30-8-9-31-20/h6-7,10-12,14H,8-9H2,1-5H3,(H,23,25)/t14-/m0/s1.